The highest BCUT2D eigenvalue weighted by Gasteiger charge is 2.10. The van der Waals surface area contributed by atoms with Gasteiger partial charge >= 0.3 is 0 Å². The fraction of sp³-hybridized carbons (Fsp3) is 0.538. The first kappa shape index (κ1) is 13.6. The van der Waals surface area contributed by atoms with Gasteiger partial charge in [0, 0.05) is 36.6 Å². The zero-order chi connectivity index (χ0) is 12.8. The molecule has 1 rings (SSSR count). The van der Waals surface area contributed by atoms with Crippen LogP contribution in [0.3, 0.4) is 0 Å². The largest absolute Gasteiger partial charge is 0.493 e. The predicted molar refractivity (Wildman–Crippen MR) is 71.6 cm³/mol. The summed E-state index contributed by atoms with van der Waals surface area (Å²) in [5.41, 5.74) is 7.47. The molecule has 0 aliphatic rings. The number of rotatable bonds is 6. The number of benzene rings is 1. The molecule has 4 nitrogen and oxygen atoms in total. The smallest absolute Gasteiger partial charge is 0.123 e. The maximum absolute atomic E-state index is 9.14. The second-order valence-electron chi connectivity index (χ2n) is 4.25. The second kappa shape index (κ2) is 6.35. The molecular formula is C13H22N2O2. The van der Waals surface area contributed by atoms with E-state index in [2.05, 4.69) is 6.92 Å². The van der Waals surface area contributed by atoms with Crippen LogP contribution in [-0.4, -0.2) is 31.4 Å². The van der Waals surface area contributed by atoms with Crippen LogP contribution in [0.2, 0.25) is 0 Å². The van der Waals surface area contributed by atoms with E-state index in [1.54, 1.807) is 0 Å². The molecule has 0 aromatic heterocycles. The number of hydrogen-bond acceptors (Lipinski definition) is 4. The van der Waals surface area contributed by atoms with Gasteiger partial charge in [-0.1, -0.05) is 6.92 Å². The molecule has 0 fully saturated rings. The van der Waals surface area contributed by atoms with Crippen LogP contribution in [-0.2, 0) is 0 Å². The monoisotopic (exact) mass is 238 g/mol. The third kappa shape index (κ3) is 3.82. The highest BCUT2D eigenvalue weighted by Crippen LogP contribution is 2.26. The standard InChI is InChI=1S/C13H22N2O2/c1-4-5-17-13-7-11(14)6-12(8-13)15(3)10(2)9-16/h6-8,10,16H,4-5,9,14H2,1-3H3. The Bertz CT molecular complexity index is 355. The summed E-state index contributed by atoms with van der Waals surface area (Å²) in [6.45, 7) is 4.81. The number of nitrogens with two attached hydrogens (primary N) is 1. The Morgan fingerprint density at radius 3 is 2.71 bits per heavy atom. The summed E-state index contributed by atoms with van der Waals surface area (Å²) in [6.07, 6.45) is 0.965. The van der Waals surface area contributed by atoms with Crippen LogP contribution in [0.15, 0.2) is 18.2 Å². The minimum absolute atomic E-state index is 0.0517. The Hall–Kier alpha value is -1.42. The number of aliphatic hydroxyl groups excluding tert-OH is 1. The number of nitrogen functional groups attached to an aromatic ring is 1. The van der Waals surface area contributed by atoms with Crippen LogP contribution >= 0.6 is 0 Å². The van der Waals surface area contributed by atoms with Crippen LogP contribution < -0.4 is 15.4 Å². The summed E-state index contributed by atoms with van der Waals surface area (Å²) in [5.74, 6) is 0.777. The lowest BCUT2D eigenvalue weighted by Gasteiger charge is -2.26. The van der Waals surface area contributed by atoms with E-state index in [-0.39, 0.29) is 12.6 Å². The molecule has 17 heavy (non-hydrogen) atoms. The van der Waals surface area contributed by atoms with Crippen LogP contribution in [0.4, 0.5) is 11.4 Å². The lowest BCUT2D eigenvalue weighted by atomic mass is 10.2. The van der Waals surface area contributed by atoms with Crippen molar-refractivity contribution >= 4 is 11.4 Å². The van der Waals surface area contributed by atoms with Crippen LogP contribution in [0.5, 0.6) is 5.75 Å². The highest BCUT2D eigenvalue weighted by atomic mass is 16.5. The molecule has 0 heterocycles. The van der Waals surface area contributed by atoms with Crippen LogP contribution in [0, 0.1) is 0 Å². The minimum atomic E-state index is 0.0517. The molecule has 1 unspecified atom stereocenters. The van der Waals surface area contributed by atoms with E-state index in [4.69, 9.17) is 15.6 Å². The van der Waals surface area contributed by atoms with E-state index < -0.39 is 0 Å². The van der Waals surface area contributed by atoms with Crippen molar-refractivity contribution in [1.29, 1.82) is 0 Å². The van der Waals surface area contributed by atoms with Gasteiger partial charge in [-0.3, -0.25) is 0 Å². The average molecular weight is 238 g/mol. The second-order valence-corrected chi connectivity index (χ2v) is 4.25. The van der Waals surface area contributed by atoms with E-state index in [0.717, 1.165) is 17.9 Å². The molecule has 1 aromatic carbocycles. The van der Waals surface area contributed by atoms with Gasteiger partial charge in [0.15, 0.2) is 0 Å². The number of hydrogen-bond donors (Lipinski definition) is 2. The van der Waals surface area contributed by atoms with Gasteiger partial charge < -0.3 is 20.5 Å². The first-order valence-corrected chi connectivity index (χ1v) is 5.95. The normalized spacial score (nSPS) is 12.2. The van der Waals surface area contributed by atoms with Crippen molar-refractivity contribution in [3.8, 4) is 5.75 Å². The first-order valence-electron chi connectivity index (χ1n) is 5.95. The number of nitrogens with zero attached hydrogens (tertiary/aromatic N) is 1. The Balaban J connectivity index is 2.88. The topological polar surface area (TPSA) is 58.7 Å². The Morgan fingerprint density at radius 1 is 1.41 bits per heavy atom. The van der Waals surface area contributed by atoms with Crippen molar-refractivity contribution in [2.45, 2.75) is 26.3 Å². The van der Waals surface area contributed by atoms with Gasteiger partial charge in [-0.05, 0) is 19.4 Å². The molecule has 0 bridgehead atoms. The molecule has 1 atom stereocenters. The van der Waals surface area contributed by atoms with Gasteiger partial charge in [-0.2, -0.15) is 0 Å². The number of anilines is 2. The predicted octanol–water partition coefficient (Wildman–Crippen LogP) is 1.87. The molecule has 0 amide bonds. The number of likely N-dealkylation sites (N-methyl/N-ethyl adjacent to an activating group) is 1. The van der Waals surface area contributed by atoms with Gasteiger partial charge in [0.25, 0.3) is 0 Å². The van der Waals surface area contributed by atoms with Gasteiger partial charge in [-0.25, -0.2) is 0 Å². The van der Waals surface area contributed by atoms with Crippen molar-refractivity contribution < 1.29 is 9.84 Å². The van der Waals surface area contributed by atoms with Crippen LogP contribution in [0.1, 0.15) is 20.3 Å². The average Bonchev–Trinajstić information content (AvgIpc) is 2.33. The molecule has 1 aromatic rings. The fourth-order valence-corrected chi connectivity index (χ4v) is 1.49. The fourth-order valence-electron chi connectivity index (χ4n) is 1.49. The van der Waals surface area contributed by atoms with E-state index in [1.807, 2.05) is 37.1 Å². The molecule has 0 spiro atoms. The Kier molecular flexibility index (Phi) is 5.10. The molecule has 0 saturated carbocycles. The van der Waals surface area contributed by atoms with E-state index >= 15 is 0 Å². The Morgan fingerprint density at radius 2 is 2.12 bits per heavy atom. The Labute approximate surface area is 103 Å². The molecule has 96 valence electrons. The molecule has 0 aliphatic carbocycles. The van der Waals surface area contributed by atoms with Crippen molar-refractivity contribution in [2.24, 2.45) is 0 Å². The zero-order valence-electron chi connectivity index (χ0n) is 10.8. The molecule has 4 heteroatoms. The summed E-state index contributed by atoms with van der Waals surface area (Å²) in [6, 6.07) is 5.69. The molecule has 3 N–H and O–H groups in total. The van der Waals surface area contributed by atoms with Crippen molar-refractivity contribution in [3.05, 3.63) is 18.2 Å². The summed E-state index contributed by atoms with van der Waals surface area (Å²) >= 11 is 0. The van der Waals surface area contributed by atoms with Gasteiger partial charge in [-0.15, -0.1) is 0 Å². The maximum Gasteiger partial charge on any atom is 0.123 e. The summed E-state index contributed by atoms with van der Waals surface area (Å²) in [7, 11) is 1.93. The van der Waals surface area contributed by atoms with Gasteiger partial charge in [0.1, 0.15) is 5.75 Å². The summed E-state index contributed by atoms with van der Waals surface area (Å²) in [5, 5.41) is 9.14. The zero-order valence-corrected chi connectivity index (χ0v) is 10.8. The van der Waals surface area contributed by atoms with Gasteiger partial charge in [0.2, 0.25) is 0 Å². The summed E-state index contributed by atoms with van der Waals surface area (Å²) < 4.78 is 5.57. The molecule has 0 aliphatic heterocycles. The van der Waals surface area contributed by atoms with E-state index in [0.29, 0.717) is 12.3 Å². The van der Waals surface area contributed by atoms with Crippen molar-refractivity contribution in [1.82, 2.24) is 0 Å². The minimum Gasteiger partial charge on any atom is -0.493 e. The van der Waals surface area contributed by atoms with Crippen LogP contribution in [0.25, 0.3) is 0 Å². The third-order valence-corrected chi connectivity index (χ3v) is 2.72. The lowest BCUT2D eigenvalue weighted by Crippen LogP contribution is -2.31. The first-order chi connectivity index (χ1) is 8.08. The van der Waals surface area contributed by atoms with E-state index in [1.165, 1.54) is 0 Å². The van der Waals surface area contributed by atoms with Crippen molar-refractivity contribution in [2.75, 3.05) is 30.9 Å². The highest BCUT2D eigenvalue weighted by molar-refractivity contribution is 5.60. The maximum atomic E-state index is 9.14. The molecule has 0 radical (unpaired) electrons. The number of aliphatic hydroxyl groups is 1. The van der Waals surface area contributed by atoms with Crippen molar-refractivity contribution in [3.63, 3.8) is 0 Å². The number of ether oxygens (including phenoxy) is 1. The third-order valence-electron chi connectivity index (χ3n) is 2.72. The quantitative estimate of drug-likeness (QED) is 0.743. The van der Waals surface area contributed by atoms with E-state index in [9.17, 15) is 0 Å². The SMILES string of the molecule is CCCOc1cc(N)cc(N(C)C(C)CO)c1. The molecule has 0 saturated heterocycles. The molecular weight excluding hydrogens is 216 g/mol. The van der Waals surface area contributed by atoms with Gasteiger partial charge in [0.05, 0.1) is 13.2 Å². The summed E-state index contributed by atoms with van der Waals surface area (Å²) in [4.78, 5) is 1.98. The lowest BCUT2D eigenvalue weighted by molar-refractivity contribution is 0.270.